The van der Waals surface area contributed by atoms with Crippen LogP contribution in [-0.2, 0) is 14.2 Å². The number of hydrogen-bond acceptors (Lipinski definition) is 5. The molecule has 8 nitrogen and oxygen atoms in total. The molecule has 0 rings (SSSR count). The van der Waals surface area contributed by atoms with Crippen molar-refractivity contribution in [2.24, 2.45) is 0 Å². The molecule has 15 heavy (non-hydrogen) atoms. The predicted molar refractivity (Wildman–Crippen MR) is 47.1 cm³/mol. The topological polar surface area (TPSA) is 135 Å². The first kappa shape index (κ1) is 14.2. The molecule has 0 aliphatic rings. The van der Waals surface area contributed by atoms with Gasteiger partial charge in [-0.1, -0.05) is 0 Å². The smallest absolute Gasteiger partial charge is 0.328 e. The predicted octanol–water partition coefficient (Wildman–Crippen LogP) is -1.67. The van der Waals surface area contributed by atoms with Crippen LogP contribution in [0.5, 0.6) is 0 Å². The van der Waals surface area contributed by atoms with E-state index in [0.29, 0.717) is 0 Å². The maximum absolute atomic E-state index is 11.2. The van der Waals surface area contributed by atoms with Crippen molar-refractivity contribution in [2.75, 3.05) is 12.7 Å². The summed E-state index contributed by atoms with van der Waals surface area (Å²) in [4.78, 5) is 38.2. The molecule has 0 saturated heterocycles. The average Bonchev–Trinajstić information content (AvgIpc) is 1.99. The normalized spacial score (nSPS) is 15.5. The molecular formula is C6H12NO7P. The number of ketones is 1. The molecule has 0 fully saturated rings. The number of carbonyl (C=O) groups is 2. The zero-order chi connectivity index (χ0) is 12.3. The summed E-state index contributed by atoms with van der Waals surface area (Å²) in [6, 6.07) is 0. The molecule has 0 radical (unpaired) electrons. The Bertz CT molecular complexity index is 296. The maximum atomic E-state index is 11.2. The quantitative estimate of drug-likeness (QED) is 0.189. The molecular weight excluding hydrogens is 229 g/mol. The summed E-state index contributed by atoms with van der Waals surface area (Å²) in [5.74, 6) is -1.07. The minimum Gasteiger partial charge on any atom is -0.382 e. The van der Waals surface area contributed by atoms with Gasteiger partial charge in [-0.2, -0.15) is 0 Å². The van der Waals surface area contributed by atoms with Gasteiger partial charge in [0, 0.05) is 0 Å². The highest BCUT2D eigenvalue weighted by molar-refractivity contribution is 7.51. The van der Waals surface area contributed by atoms with E-state index in [0.717, 1.165) is 6.92 Å². The molecule has 0 aromatic heterocycles. The highest BCUT2D eigenvalue weighted by Crippen LogP contribution is 2.38. The van der Waals surface area contributed by atoms with Crippen LogP contribution in [-0.4, -0.2) is 55.7 Å². The van der Waals surface area contributed by atoms with Crippen LogP contribution in [0.3, 0.4) is 0 Å². The number of Topliss-reactive ketones (excluding diaryl/α,β-unsaturated/α-hetero) is 1. The minimum atomic E-state index is -4.55. The molecule has 0 heterocycles. The van der Waals surface area contributed by atoms with E-state index in [2.05, 4.69) is 0 Å². The van der Waals surface area contributed by atoms with Crippen molar-refractivity contribution in [1.29, 1.82) is 0 Å². The third kappa shape index (κ3) is 5.60. The molecule has 1 atom stereocenters. The molecule has 0 aromatic rings. The zero-order valence-electron chi connectivity index (χ0n) is 7.90. The Labute approximate surface area is 85.2 Å². The van der Waals surface area contributed by atoms with Gasteiger partial charge < -0.3 is 14.9 Å². The lowest BCUT2D eigenvalue weighted by Crippen LogP contribution is -2.44. The van der Waals surface area contributed by atoms with Crippen molar-refractivity contribution in [2.45, 2.75) is 12.5 Å². The Morgan fingerprint density at radius 1 is 1.53 bits per heavy atom. The second-order valence-corrected chi connectivity index (χ2v) is 4.87. The van der Waals surface area contributed by atoms with Gasteiger partial charge in [-0.15, -0.1) is 0 Å². The second-order valence-electron chi connectivity index (χ2n) is 3.22. The third-order valence-electron chi connectivity index (χ3n) is 1.54. The van der Waals surface area contributed by atoms with Crippen molar-refractivity contribution in [3.8, 4) is 0 Å². The Hall–Kier alpha value is -0.790. The highest BCUT2D eigenvalue weighted by atomic mass is 31.2. The molecule has 0 aromatic carbocycles. The van der Waals surface area contributed by atoms with Gasteiger partial charge in [-0.3, -0.25) is 19.4 Å². The van der Waals surface area contributed by atoms with Crippen molar-refractivity contribution in [3.05, 3.63) is 0 Å². The number of nitrogens with zero attached hydrogens (tertiary/aromatic N) is 1. The molecule has 1 unspecified atom stereocenters. The van der Waals surface area contributed by atoms with Gasteiger partial charge in [-0.25, -0.2) is 5.06 Å². The fourth-order valence-corrected chi connectivity index (χ4v) is 1.82. The van der Waals surface area contributed by atoms with Gasteiger partial charge in [0.15, 0.2) is 5.78 Å². The summed E-state index contributed by atoms with van der Waals surface area (Å²) < 4.78 is 10.5. The van der Waals surface area contributed by atoms with E-state index in [9.17, 15) is 19.3 Å². The third-order valence-corrected chi connectivity index (χ3v) is 2.57. The molecule has 0 spiro atoms. The molecule has 0 saturated carbocycles. The number of hydroxylamine groups is 2. The van der Waals surface area contributed by atoms with Crippen LogP contribution in [0, 0.1) is 0 Å². The van der Waals surface area contributed by atoms with Crippen LogP contribution in [0.2, 0.25) is 0 Å². The highest BCUT2D eigenvalue weighted by Gasteiger charge is 2.37. The van der Waals surface area contributed by atoms with Gasteiger partial charge in [0.25, 0.3) is 0 Å². The van der Waals surface area contributed by atoms with E-state index < -0.39 is 31.7 Å². The van der Waals surface area contributed by atoms with E-state index in [1.165, 1.54) is 0 Å². The van der Waals surface area contributed by atoms with Crippen LogP contribution in [0.15, 0.2) is 0 Å². The van der Waals surface area contributed by atoms with Gasteiger partial charge in [0.1, 0.15) is 12.1 Å². The van der Waals surface area contributed by atoms with Crippen molar-refractivity contribution in [1.82, 2.24) is 5.06 Å². The molecule has 0 aliphatic carbocycles. The maximum Gasteiger partial charge on any atom is 0.328 e. The average molecular weight is 241 g/mol. The summed E-state index contributed by atoms with van der Waals surface area (Å²) in [7, 11) is -4.55. The Morgan fingerprint density at radius 2 is 2.00 bits per heavy atom. The number of aliphatic hydroxyl groups is 1. The Morgan fingerprint density at radius 3 is 2.33 bits per heavy atom. The molecule has 4 N–H and O–H groups in total. The van der Waals surface area contributed by atoms with E-state index in [1.54, 1.807) is 0 Å². The fraction of sp³-hybridized carbons (Fsp3) is 0.667. The van der Waals surface area contributed by atoms with E-state index in [4.69, 9.17) is 15.0 Å². The van der Waals surface area contributed by atoms with Crippen molar-refractivity contribution < 1.29 is 34.3 Å². The molecule has 9 heteroatoms. The van der Waals surface area contributed by atoms with Crippen LogP contribution < -0.4 is 0 Å². The Kier molecular flexibility index (Phi) is 4.57. The van der Waals surface area contributed by atoms with Gasteiger partial charge in [0.2, 0.25) is 6.41 Å². The summed E-state index contributed by atoms with van der Waals surface area (Å²) in [5, 5.41) is 18.0. The lowest BCUT2D eigenvalue weighted by molar-refractivity contribution is -0.160. The minimum absolute atomic E-state index is 0.0313. The van der Waals surface area contributed by atoms with E-state index in [-0.39, 0.29) is 11.5 Å². The first-order valence-corrected chi connectivity index (χ1v) is 5.59. The molecule has 0 aliphatic heterocycles. The lowest BCUT2D eigenvalue weighted by Gasteiger charge is -2.23. The van der Waals surface area contributed by atoms with Gasteiger partial charge >= 0.3 is 7.60 Å². The zero-order valence-corrected chi connectivity index (χ0v) is 8.79. The lowest BCUT2D eigenvalue weighted by atomic mass is 10.0. The number of hydrogen-bond donors (Lipinski definition) is 4. The van der Waals surface area contributed by atoms with E-state index in [1.807, 2.05) is 0 Å². The van der Waals surface area contributed by atoms with E-state index >= 15 is 0 Å². The molecule has 1 amide bonds. The SMILES string of the molecule is CC(O)(CP(=O)(O)O)C(=O)CN(O)C=O. The fourth-order valence-electron chi connectivity index (χ4n) is 0.844. The van der Waals surface area contributed by atoms with Crippen molar-refractivity contribution in [3.63, 3.8) is 0 Å². The van der Waals surface area contributed by atoms with Gasteiger partial charge in [0.05, 0.1) is 6.16 Å². The van der Waals surface area contributed by atoms with Crippen LogP contribution in [0.4, 0.5) is 0 Å². The van der Waals surface area contributed by atoms with Crippen molar-refractivity contribution >= 4 is 19.8 Å². The first-order valence-electron chi connectivity index (χ1n) is 3.79. The van der Waals surface area contributed by atoms with Crippen LogP contribution >= 0.6 is 7.60 Å². The summed E-state index contributed by atoms with van der Waals surface area (Å²) in [6.45, 7) is 0.0591. The van der Waals surface area contributed by atoms with Gasteiger partial charge in [-0.05, 0) is 6.92 Å². The standard InChI is InChI=1S/C6H12NO7P/c1-6(10,3-15(12,13)14)5(9)2-7(11)4-8/h4,10-11H,2-3H2,1H3,(H2,12,13,14). The number of rotatable bonds is 6. The molecule has 88 valence electrons. The van der Waals surface area contributed by atoms with Crippen LogP contribution in [0.25, 0.3) is 0 Å². The summed E-state index contributed by atoms with van der Waals surface area (Å²) in [6.07, 6.45) is -1.13. The number of carbonyl (C=O) groups excluding carboxylic acids is 2. The molecule has 0 bridgehead atoms. The monoisotopic (exact) mass is 241 g/mol. The van der Waals surface area contributed by atoms with Crippen LogP contribution in [0.1, 0.15) is 6.92 Å². The summed E-state index contributed by atoms with van der Waals surface area (Å²) in [5.41, 5.74) is -2.29. The summed E-state index contributed by atoms with van der Waals surface area (Å²) >= 11 is 0. The first-order chi connectivity index (χ1) is 6.58. The largest absolute Gasteiger partial charge is 0.382 e. The second kappa shape index (κ2) is 4.82. The number of amides is 1. The Balaban J connectivity index is 4.52.